The van der Waals surface area contributed by atoms with Gasteiger partial charge < -0.3 is 5.32 Å². The van der Waals surface area contributed by atoms with E-state index in [9.17, 15) is 9.59 Å². The van der Waals surface area contributed by atoms with Gasteiger partial charge in [-0.15, -0.1) is 11.8 Å². The van der Waals surface area contributed by atoms with Crippen molar-refractivity contribution in [2.45, 2.75) is 18.3 Å². The average molecular weight is 370 g/mol. The third-order valence-corrected chi connectivity index (χ3v) is 5.73. The van der Waals surface area contributed by atoms with Crippen LogP contribution in [0.4, 0.5) is 5.69 Å². The standard InChI is InChI=1S/C19H18N2O2S2/c1-13(22)21(15-10-6-3-7-11-15)17-18(23)20-19(17)25-12-16(24)14-8-4-2-5-9-14/h2-11,17,19H,12H2,1H3,(H,20,23). The third kappa shape index (κ3) is 3.91. The van der Waals surface area contributed by atoms with Crippen molar-refractivity contribution in [3.05, 3.63) is 66.2 Å². The minimum Gasteiger partial charge on any atom is -0.340 e. The van der Waals surface area contributed by atoms with Crippen molar-refractivity contribution in [1.82, 2.24) is 5.32 Å². The van der Waals surface area contributed by atoms with Crippen molar-refractivity contribution >= 4 is 46.3 Å². The Hall–Kier alpha value is -2.18. The van der Waals surface area contributed by atoms with E-state index in [1.807, 2.05) is 60.7 Å². The zero-order chi connectivity index (χ0) is 17.8. The first-order valence-corrected chi connectivity index (χ1v) is 9.38. The number of carbonyl (C=O) groups excluding carboxylic acids is 2. The topological polar surface area (TPSA) is 49.4 Å². The molecular formula is C19H18N2O2S2. The third-order valence-electron chi connectivity index (χ3n) is 3.98. The number of thiocarbonyl (C=S) groups is 1. The summed E-state index contributed by atoms with van der Waals surface area (Å²) >= 11 is 7.03. The fourth-order valence-corrected chi connectivity index (χ4v) is 4.20. The van der Waals surface area contributed by atoms with Crippen LogP contribution in [0.5, 0.6) is 0 Å². The van der Waals surface area contributed by atoms with E-state index in [2.05, 4.69) is 5.32 Å². The Morgan fingerprint density at radius 3 is 2.28 bits per heavy atom. The van der Waals surface area contributed by atoms with Crippen LogP contribution < -0.4 is 10.2 Å². The van der Waals surface area contributed by atoms with Gasteiger partial charge in [0, 0.05) is 23.2 Å². The number of hydrogen-bond acceptors (Lipinski definition) is 4. The fraction of sp³-hybridized carbons (Fsp3) is 0.211. The molecule has 1 aliphatic heterocycles. The number of anilines is 1. The SMILES string of the molecule is CC(=O)N(c1ccccc1)C1C(=O)NC1SCC(=S)c1ccccc1. The Balaban J connectivity index is 1.69. The molecule has 1 aliphatic rings. The van der Waals surface area contributed by atoms with Gasteiger partial charge in [0.25, 0.3) is 0 Å². The molecule has 2 atom stereocenters. The van der Waals surface area contributed by atoms with Gasteiger partial charge in [-0.1, -0.05) is 60.7 Å². The number of nitrogens with zero attached hydrogens (tertiary/aromatic N) is 1. The van der Waals surface area contributed by atoms with E-state index in [0.717, 1.165) is 16.1 Å². The maximum atomic E-state index is 12.1. The Bertz CT molecular complexity index is 781. The van der Waals surface area contributed by atoms with Crippen LogP contribution in [0.25, 0.3) is 0 Å². The molecule has 2 aromatic carbocycles. The summed E-state index contributed by atoms with van der Waals surface area (Å²) in [5.41, 5.74) is 1.74. The fourth-order valence-electron chi connectivity index (χ4n) is 2.73. The summed E-state index contributed by atoms with van der Waals surface area (Å²) in [5.74, 6) is 0.325. The van der Waals surface area contributed by atoms with Crippen LogP contribution in [0.15, 0.2) is 60.7 Å². The van der Waals surface area contributed by atoms with Gasteiger partial charge in [-0.2, -0.15) is 0 Å². The van der Waals surface area contributed by atoms with Gasteiger partial charge in [-0.25, -0.2) is 0 Å². The summed E-state index contributed by atoms with van der Waals surface area (Å²) < 4.78 is 0. The van der Waals surface area contributed by atoms with E-state index in [4.69, 9.17) is 12.2 Å². The monoisotopic (exact) mass is 370 g/mol. The highest BCUT2D eigenvalue weighted by molar-refractivity contribution is 8.01. The van der Waals surface area contributed by atoms with Crippen LogP contribution in [0.1, 0.15) is 12.5 Å². The number of carbonyl (C=O) groups is 2. The maximum absolute atomic E-state index is 12.1. The molecule has 0 spiro atoms. The van der Waals surface area contributed by atoms with Crippen molar-refractivity contribution in [3.8, 4) is 0 Å². The minimum atomic E-state index is -0.511. The van der Waals surface area contributed by atoms with E-state index in [1.165, 1.54) is 6.92 Å². The predicted octanol–water partition coefficient (Wildman–Crippen LogP) is 3.02. The minimum absolute atomic E-state index is 0.137. The van der Waals surface area contributed by atoms with Gasteiger partial charge in [0.15, 0.2) is 0 Å². The molecule has 0 saturated carbocycles. The van der Waals surface area contributed by atoms with Crippen molar-refractivity contribution in [2.24, 2.45) is 0 Å². The molecule has 128 valence electrons. The highest BCUT2D eigenvalue weighted by Gasteiger charge is 2.45. The normalized spacial score (nSPS) is 18.8. The Morgan fingerprint density at radius 1 is 1.12 bits per heavy atom. The van der Waals surface area contributed by atoms with Crippen LogP contribution in [0, 0.1) is 0 Å². The van der Waals surface area contributed by atoms with E-state index in [1.54, 1.807) is 16.7 Å². The first-order valence-electron chi connectivity index (χ1n) is 7.93. The molecule has 0 radical (unpaired) electrons. The summed E-state index contributed by atoms with van der Waals surface area (Å²) in [6.07, 6.45) is 0. The van der Waals surface area contributed by atoms with Crippen LogP contribution in [0.3, 0.4) is 0 Å². The summed E-state index contributed by atoms with van der Waals surface area (Å²) in [6.45, 7) is 1.48. The lowest BCUT2D eigenvalue weighted by Gasteiger charge is -2.42. The Kier molecular flexibility index (Phi) is 5.50. The lowest BCUT2D eigenvalue weighted by Crippen LogP contribution is -2.69. The van der Waals surface area contributed by atoms with Crippen LogP contribution >= 0.6 is 24.0 Å². The summed E-state index contributed by atoms with van der Waals surface area (Å²) in [6, 6.07) is 18.6. The molecule has 1 heterocycles. The summed E-state index contributed by atoms with van der Waals surface area (Å²) in [7, 11) is 0. The Labute approximate surface area is 156 Å². The lowest BCUT2D eigenvalue weighted by molar-refractivity contribution is -0.131. The maximum Gasteiger partial charge on any atom is 0.247 e. The molecule has 0 aliphatic carbocycles. The number of nitrogens with one attached hydrogen (secondary N) is 1. The van der Waals surface area contributed by atoms with Gasteiger partial charge in [0.05, 0.1) is 0 Å². The summed E-state index contributed by atoms with van der Waals surface area (Å²) in [4.78, 5) is 26.7. The first-order chi connectivity index (χ1) is 12.1. The van der Waals surface area contributed by atoms with Crippen molar-refractivity contribution in [2.75, 3.05) is 10.7 Å². The summed E-state index contributed by atoms with van der Waals surface area (Å²) in [5, 5.41) is 2.71. The van der Waals surface area contributed by atoms with Crippen LogP contribution in [0.2, 0.25) is 0 Å². The van der Waals surface area contributed by atoms with Crippen molar-refractivity contribution in [1.29, 1.82) is 0 Å². The zero-order valence-electron chi connectivity index (χ0n) is 13.7. The molecule has 2 aromatic rings. The van der Waals surface area contributed by atoms with Crippen LogP contribution in [-0.4, -0.2) is 33.8 Å². The van der Waals surface area contributed by atoms with Gasteiger partial charge >= 0.3 is 0 Å². The molecule has 6 heteroatoms. The second kappa shape index (κ2) is 7.80. The molecule has 3 rings (SSSR count). The average Bonchev–Trinajstić information content (AvgIpc) is 2.63. The van der Waals surface area contributed by atoms with Gasteiger partial charge in [-0.05, 0) is 17.7 Å². The van der Waals surface area contributed by atoms with Crippen molar-refractivity contribution in [3.63, 3.8) is 0 Å². The van der Waals surface area contributed by atoms with E-state index in [-0.39, 0.29) is 17.2 Å². The van der Waals surface area contributed by atoms with Crippen LogP contribution in [-0.2, 0) is 9.59 Å². The quantitative estimate of drug-likeness (QED) is 0.482. The molecule has 1 saturated heterocycles. The second-order valence-electron chi connectivity index (χ2n) is 5.70. The number of rotatable bonds is 6. The molecule has 2 amide bonds. The number of benzene rings is 2. The van der Waals surface area contributed by atoms with E-state index in [0.29, 0.717) is 5.75 Å². The first kappa shape index (κ1) is 17.6. The van der Waals surface area contributed by atoms with E-state index < -0.39 is 6.04 Å². The van der Waals surface area contributed by atoms with Gasteiger partial charge in [-0.3, -0.25) is 14.5 Å². The Morgan fingerprint density at radius 2 is 1.72 bits per heavy atom. The molecular weight excluding hydrogens is 352 g/mol. The molecule has 4 nitrogen and oxygen atoms in total. The molecule has 0 aromatic heterocycles. The van der Waals surface area contributed by atoms with Gasteiger partial charge in [0.1, 0.15) is 11.4 Å². The largest absolute Gasteiger partial charge is 0.340 e. The number of para-hydroxylation sites is 1. The van der Waals surface area contributed by atoms with E-state index >= 15 is 0 Å². The van der Waals surface area contributed by atoms with Gasteiger partial charge in [0.2, 0.25) is 11.8 Å². The second-order valence-corrected chi connectivity index (χ2v) is 7.32. The predicted molar refractivity (Wildman–Crippen MR) is 106 cm³/mol. The molecule has 1 N–H and O–H groups in total. The highest BCUT2D eigenvalue weighted by Crippen LogP contribution is 2.29. The number of β-lactam (4-membered cyclic amide) rings is 1. The number of amides is 2. The number of hydrogen-bond donors (Lipinski definition) is 1. The number of thioether (sulfide) groups is 1. The zero-order valence-corrected chi connectivity index (χ0v) is 15.3. The lowest BCUT2D eigenvalue weighted by atomic mass is 10.1. The van der Waals surface area contributed by atoms with Crippen molar-refractivity contribution < 1.29 is 9.59 Å². The molecule has 2 unspecified atom stereocenters. The molecule has 25 heavy (non-hydrogen) atoms. The molecule has 0 bridgehead atoms. The highest BCUT2D eigenvalue weighted by atomic mass is 32.2. The molecule has 1 fully saturated rings. The smallest absolute Gasteiger partial charge is 0.247 e.